The third kappa shape index (κ3) is 5.50. The molecule has 4 aromatic rings. The van der Waals surface area contributed by atoms with Crippen LogP contribution < -0.4 is 13.8 Å². The Bertz CT molecular complexity index is 1510. The van der Waals surface area contributed by atoms with Crippen molar-refractivity contribution in [1.82, 2.24) is 19.9 Å². The van der Waals surface area contributed by atoms with E-state index in [1.54, 1.807) is 54.6 Å². The first-order chi connectivity index (χ1) is 17.5. The van der Waals surface area contributed by atoms with E-state index in [9.17, 15) is 8.42 Å². The molecule has 0 fully saturated rings. The molecule has 11 heteroatoms. The summed E-state index contributed by atoms with van der Waals surface area (Å²) >= 11 is 6.55. The van der Waals surface area contributed by atoms with Crippen LogP contribution in [0.4, 0.5) is 5.82 Å². The first-order valence-electron chi connectivity index (χ1n) is 11.3. The molecule has 0 aliphatic carbocycles. The summed E-state index contributed by atoms with van der Waals surface area (Å²) in [7, 11) is -1.20. The van der Waals surface area contributed by atoms with E-state index in [1.165, 1.54) is 26.6 Å². The summed E-state index contributed by atoms with van der Waals surface area (Å²) in [6.45, 7) is 6.17. The van der Waals surface area contributed by atoms with Crippen molar-refractivity contribution in [3.63, 3.8) is 0 Å². The molecular weight excluding hydrogens is 514 g/mol. The molecule has 0 saturated carbocycles. The summed E-state index contributed by atoms with van der Waals surface area (Å²) in [5, 5.41) is -0.122. The monoisotopic (exact) mass is 539 g/mol. The Morgan fingerprint density at radius 1 is 0.865 bits per heavy atom. The van der Waals surface area contributed by atoms with E-state index in [0.717, 1.165) is 9.87 Å². The molecule has 2 heterocycles. The molecule has 0 unspecified atom stereocenters. The van der Waals surface area contributed by atoms with Gasteiger partial charge in [0.1, 0.15) is 0 Å². The highest BCUT2D eigenvalue weighted by Gasteiger charge is 2.30. The number of benzene rings is 2. The predicted octanol–water partition coefficient (Wildman–Crippen LogP) is 5.51. The topological polar surface area (TPSA) is 107 Å². The van der Waals surface area contributed by atoms with Gasteiger partial charge in [-0.1, -0.05) is 56.6 Å². The highest BCUT2D eigenvalue weighted by Crippen LogP contribution is 2.41. The van der Waals surface area contributed by atoms with E-state index >= 15 is 0 Å². The number of hydrogen-bond donors (Lipinski definition) is 0. The lowest BCUT2D eigenvalue weighted by molar-refractivity contribution is 0.378. The summed E-state index contributed by atoms with van der Waals surface area (Å²) in [5.41, 5.74) is 0.872. The molecule has 9 nitrogen and oxygen atoms in total. The normalized spacial score (nSPS) is 11.7. The first-order valence-corrected chi connectivity index (χ1v) is 13.1. The molecule has 2 aromatic carbocycles. The van der Waals surface area contributed by atoms with Crippen LogP contribution in [-0.4, -0.2) is 42.5 Å². The molecular formula is C26H26ClN5O4S. The molecule has 0 N–H and O–H groups in total. The third-order valence-corrected chi connectivity index (χ3v) is 7.55. The van der Waals surface area contributed by atoms with Crippen molar-refractivity contribution in [2.45, 2.75) is 31.1 Å². The van der Waals surface area contributed by atoms with Gasteiger partial charge in [-0.3, -0.25) is 0 Å². The van der Waals surface area contributed by atoms with E-state index < -0.39 is 10.0 Å². The largest absolute Gasteiger partial charge is 0.493 e. The van der Waals surface area contributed by atoms with Gasteiger partial charge >= 0.3 is 0 Å². The van der Waals surface area contributed by atoms with Gasteiger partial charge in [-0.05, 0) is 41.3 Å². The Morgan fingerprint density at radius 2 is 1.49 bits per heavy atom. The van der Waals surface area contributed by atoms with Crippen LogP contribution in [0.25, 0.3) is 11.6 Å². The van der Waals surface area contributed by atoms with Gasteiger partial charge in [-0.2, -0.15) is 0 Å². The van der Waals surface area contributed by atoms with Crippen molar-refractivity contribution in [2.24, 2.45) is 0 Å². The van der Waals surface area contributed by atoms with Crippen molar-refractivity contribution in [3.05, 3.63) is 77.7 Å². The maximum atomic E-state index is 13.7. The molecule has 0 saturated heterocycles. The minimum atomic E-state index is -4.07. The number of methoxy groups -OCH3 is 1. The number of halogens is 1. The number of nitrogens with zero attached hydrogens (tertiary/aromatic N) is 5. The minimum absolute atomic E-state index is 0.0399. The summed E-state index contributed by atoms with van der Waals surface area (Å²) in [5.74, 6) is 0.786. The number of hydrogen-bond acceptors (Lipinski definition) is 8. The van der Waals surface area contributed by atoms with Gasteiger partial charge in [0.05, 0.1) is 12.0 Å². The van der Waals surface area contributed by atoms with Gasteiger partial charge in [0.2, 0.25) is 11.6 Å². The molecule has 0 radical (unpaired) electrons. The molecule has 0 atom stereocenters. The van der Waals surface area contributed by atoms with Crippen LogP contribution in [0.2, 0.25) is 5.15 Å². The van der Waals surface area contributed by atoms with Crippen LogP contribution in [0.1, 0.15) is 26.3 Å². The van der Waals surface area contributed by atoms with Crippen molar-refractivity contribution in [3.8, 4) is 28.9 Å². The summed E-state index contributed by atoms with van der Waals surface area (Å²) in [4.78, 5) is 17.1. The van der Waals surface area contributed by atoms with Gasteiger partial charge in [-0.15, -0.1) is 0 Å². The van der Waals surface area contributed by atoms with E-state index in [0.29, 0.717) is 11.5 Å². The highest BCUT2D eigenvalue weighted by molar-refractivity contribution is 7.92. The fourth-order valence-corrected chi connectivity index (χ4v) is 4.79. The van der Waals surface area contributed by atoms with E-state index in [4.69, 9.17) is 21.1 Å². The fraction of sp³-hybridized carbons (Fsp3) is 0.231. The minimum Gasteiger partial charge on any atom is -0.493 e. The third-order valence-electron chi connectivity index (χ3n) is 5.53. The van der Waals surface area contributed by atoms with Crippen molar-refractivity contribution >= 4 is 27.4 Å². The van der Waals surface area contributed by atoms with Gasteiger partial charge < -0.3 is 9.47 Å². The van der Waals surface area contributed by atoms with Crippen LogP contribution >= 0.6 is 11.6 Å². The summed E-state index contributed by atoms with van der Waals surface area (Å²) in [6.07, 6.45) is 3.05. The fourth-order valence-electron chi connectivity index (χ4n) is 3.44. The Kier molecular flexibility index (Phi) is 7.33. The van der Waals surface area contributed by atoms with E-state index in [1.807, 2.05) is 0 Å². The van der Waals surface area contributed by atoms with E-state index in [2.05, 4.69) is 40.7 Å². The zero-order chi connectivity index (χ0) is 26.8. The van der Waals surface area contributed by atoms with Crippen LogP contribution in [0.5, 0.6) is 17.2 Å². The number of rotatable bonds is 7. The average Bonchev–Trinajstić information content (AvgIpc) is 2.89. The number of aromatic nitrogens is 4. The lowest BCUT2D eigenvalue weighted by Crippen LogP contribution is -2.28. The van der Waals surface area contributed by atoms with Crippen LogP contribution in [0.3, 0.4) is 0 Å². The van der Waals surface area contributed by atoms with Gasteiger partial charge in [0, 0.05) is 19.4 Å². The zero-order valence-electron chi connectivity index (χ0n) is 21.0. The molecule has 0 bridgehead atoms. The molecule has 0 aliphatic rings. The van der Waals surface area contributed by atoms with E-state index in [-0.39, 0.29) is 38.7 Å². The number of para-hydroxylation sites is 2. The molecule has 37 heavy (non-hydrogen) atoms. The number of anilines is 1. The van der Waals surface area contributed by atoms with Gasteiger partial charge in [0.25, 0.3) is 10.0 Å². The molecule has 0 aliphatic heterocycles. The smallest absolute Gasteiger partial charge is 0.265 e. The first kappa shape index (κ1) is 26.3. The van der Waals surface area contributed by atoms with Crippen molar-refractivity contribution in [2.75, 3.05) is 18.5 Å². The second kappa shape index (κ2) is 10.3. The SMILES string of the molecule is COc1ccccc1Oc1c(Cl)nc(-c2ncccn2)nc1N(C)S(=O)(=O)c1ccc(C(C)(C)C)cc1. The Hall–Kier alpha value is -3.76. The second-order valence-corrected chi connectivity index (χ2v) is 11.4. The van der Waals surface area contributed by atoms with Crippen molar-refractivity contribution in [1.29, 1.82) is 0 Å². The van der Waals surface area contributed by atoms with Crippen LogP contribution in [-0.2, 0) is 15.4 Å². The predicted molar refractivity (Wildman–Crippen MR) is 142 cm³/mol. The Morgan fingerprint density at radius 3 is 2.08 bits per heavy atom. The second-order valence-electron chi connectivity index (χ2n) is 9.06. The molecule has 4 rings (SSSR count). The quantitative estimate of drug-likeness (QED) is 0.283. The molecule has 2 aromatic heterocycles. The Balaban J connectivity index is 1.85. The van der Waals surface area contributed by atoms with Gasteiger partial charge in [-0.25, -0.2) is 32.7 Å². The van der Waals surface area contributed by atoms with Crippen molar-refractivity contribution < 1.29 is 17.9 Å². The average molecular weight is 540 g/mol. The van der Waals surface area contributed by atoms with Crippen LogP contribution in [0.15, 0.2) is 71.9 Å². The number of ether oxygens (including phenoxy) is 2. The maximum absolute atomic E-state index is 13.7. The lowest BCUT2D eigenvalue weighted by atomic mass is 9.87. The standard InChI is InChI=1S/C26H26ClN5O4S/c1-26(2,3)17-11-13-18(14-12-17)37(33,34)32(4)25-21(36-20-10-7-6-9-19(20)35-5)22(27)30-24(31-25)23-28-15-8-16-29-23/h6-16H,1-5H3. The zero-order valence-corrected chi connectivity index (χ0v) is 22.6. The van der Waals surface area contributed by atoms with Gasteiger partial charge in [0.15, 0.2) is 28.3 Å². The number of sulfonamides is 1. The lowest BCUT2D eigenvalue weighted by Gasteiger charge is -2.23. The molecule has 0 spiro atoms. The summed E-state index contributed by atoms with van der Waals surface area (Å²) in [6, 6.07) is 15.2. The molecule has 0 amide bonds. The highest BCUT2D eigenvalue weighted by atomic mass is 35.5. The maximum Gasteiger partial charge on any atom is 0.265 e. The molecule has 192 valence electrons. The Labute approximate surface area is 221 Å². The van der Waals surface area contributed by atoms with Crippen LogP contribution in [0, 0.1) is 0 Å². The summed E-state index contributed by atoms with van der Waals surface area (Å²) < 4.78 is 39.8.